The van der Waals surface area contributed by atoms with E-state index in [0.29, 0.717) is 35.1 Å². The number of fused-ring (bicyclic) bond motifs is 1. The van der Waals surface area contributed by atoms with Gasteiger partial charge in [0.1, 0.15) is 0 Å². The number of nitrogens with zero attached hydrogens (tertiary/aromatic N) is 1. The van der Waals surface area contributed by atoms with Crippen molar-refractivity contribution in [1.29, 1.82) is 0 Å². The standard InChI is InChI=1S/C24H21AsCl2N2O2/c25-21(11-16-6-8-19(26)12-22(16)27)24(31)29-13-17-7-9-20(10-18(17)14-29)28-23(30)15-4-2-1-3-5-15/h1-10,12,21H,11,13-14,25H2,(H,28,30). The zero-order valence-corrected chi connectivity index (χ0v) is 20.6. The number of amides is 2. The molecular formula is C24H21AsCl2N2O2. The van der Waals surface area contributed by atoms with Crippen LogP contribution in [0.3, 0.4) is 0 Å². The zero-order chi connectivity index (χ0) is 22.0. The molecule has 1 aliphatic heterocycles. The summed E-state index contributed by atoms with van der Waals surface area (Å²) in [5.74, 6) is -0.0419. The number of hydrogen-bond donors (Lipinski definition) is 1. The van der Waals surface area contributed by atoms with E-state index < -0.39 is 0 Å². The van der Waals surface area contributed by atoms with E-state index in [-0.39, 0.29) is 16.5 Å². The van der Waals surface area contributed by atoms with Crippen LogP contribution in [0.5, 0.6) is 0 Å². The van der Waals surface area contributed by atoms with Gasteiger partial charge in [-0.2, -0.15) is 0 Å². The topological polar surface area (TPSA) is 49.4 Å². The summed E-state index contributed by atoms with van der Waals surface area (Å²) in [5, 5.41) is 4.11. The maximum absolute atomic E-state index is 13.0. The van der Waals surface area contributed by atoms with E-state index >= 15 is 0 Å². The predicted octanol–water partition coefficient (Wildman–Crippen LogP) is 4.75. The van der Waals surface area contributed by atoms with Crippen LogP contribution in [-0.2, 0) is 24.3 Å². The van der Waals surface area contributed by atoms with Crippen LogP contribution in [0, 0.1) is 0 Å². The van der Waals surface area contributed by atoms with Crippen molar-refractivity contribution in [3.8, 4) is 0 Å². The molecule has 0 spiro atoms. The fourth-order valence-corrected chi connectivity index (χ4v) is 5.13. The molecule has 2 amide bonds. The van der Waals surface area contributed by atoms with Gasteiger partial charge in [-0.1, -0.05) is 6.07 Å². The van der Waals surface area contributed by atoms with Crippen molar-refractivity contribution in [2.45, 2.75) is 24.2 Å². The number of halogens is 2. The second-order valence-corrected chi connectivity index (χ2v) is 10.1. The van der Waals surface area contributed by atoms with Crippen molar-refractivity contribution in [2.24, 2.45) is 0 Å². The van der Waals surface area contributed by atoms with Gasteiger partial charge < -0.3 is 0 Å². The molecular weight excluding hydrogens is 494 g/mol. The van der Waals surface area contributed by atoms with Crippen LogP contribution in [0.25, 0.3) is 0 Å². The molecule has 4 nitrogen and oxygen atoms in total. The summed E-state index contributed by atoms with van der Waals surface area (Å²) in [7, 11) is 0. The van der Waals surface area contributed by atoms with Gasteiger partial charge >= 0.3 is 195 Å². The van der Waals surface area contributed by atoms with E-state index in [9.17, 15) is 9.59 Å². The molecule has 2 unspecified atom stereocenters. The molecule has 3 aromatic rings. The Hall–Kier alpha value is -2.26. The van der Waals surface area contributed by atoms with E-state index in [2.05, 4.69) is 5.32 Å². The Bertz CT molecular complexity index is 1140. The minimum atomic E-state index is -0.150. The Balaban J connectivity index is 1.41. The Morgan fingerprint density at radius 2 is 1.71 bits per heavy atom. The maximum atomic E-state index is 13.0. The van der Waals surface area contributed by atoms with Gasteiger partial charge in [0.25, 0.3) is 0 Å². The van der Waals surface area contributed by atoms with Crippen LogP contribution in [0.15, 0.2) is 66.7 Å². The molecule has 1 heterocycles. The summed E-state index contributed by atoms with van der Waals surface area (Å²) in [6.07, 6.45) is 0.583. The molecule has 0 saturated carbocycles. The molecule has 0 aliphatic carbocycles. The SMILES string of the molecule is O=C(Nc1ccc2c(c1)CN(C(=O)C([AsH2])Cc1ccc(Cl)cc1Cl)C2)c1ccccc1. The monoisotopic (exact) mass is 514 g/mol. The van der Waals surface area contributed by atoms with Crippen molar-refractivity contribution in [3.05, 3.63) is 99.0 Å². The van der Waals surface area contributed by atoms with Crippen LogP contribution in [-0.4, -0.2) is 33.6 Å². The average Bonchev–Trinajstić information content (AvgIpc) is 3.19. The number of hydrogen-bond acceptors (Lipinski definition) is 2. The third kappa shape index (κ3) is 5.15. The van der Waals surface area contributed by atoms with Crippen molar-refractivity contribution < 1.29 is 9.59 Å². The van der Waals surface area contributed by atoms with Gasteiger partial charge in [-0.15, -0.1) is 0 Å². The molecule has 3 aromatic carbocycles. The molecule has 158 valence electrons. The van der Waals surface area contributed by atoms with Crippen molar-refractivity contribution >= 4 is 57.6 Å². The number of carbonyl (C=O) groups excluding carboxylic acids is 2. The second-order valence-electron chi connectivity index (χ2n) is 7.54. The molecule has 2 atom stereocenters. The first-order valence-electron chi connectivity index (χ1n) is 9.87. The van der Waals surface area contributed by atoms with E-state index in [0.717, 1.165) is 22.4 Å². The molecule has 0 radical (unpaired) electrons. The van der Waals surface area contributed by atoms with E-state index in [1.54, 1.807) is 24.3 Å². The predicted molar refractivity (Wildman–Crippen MR) is 128 cm³/mol. The third-order valence-corrected chi connectivity index (χ3v) is 6.99. The van der Waals surface area contributed by atoms with Crippen molar-refractivity contribution in [2.75, 3.05) is 5.32 Å². The number of nitrogens with one attached hydrogen (secondary N) is 1. The molecule has 0 aromatic heterocycles. The normalized spacial score (nSPS) is 13.6. The number of carbonyl (C=O) groups is 2. The zero-order valence-electron chi connectivity index (χ0n) is 16.6. The molecule has 1 N–H and O–H groups in total. The molecule has 0 fully saturated rings. The van der Waals surface area contributed by atoms with Gasteiger partial charge in [-0.05, 0) is 0 Å². The second kappa shape index (κ2) is 9.48. The molecule has 31 heavy (non-hydrogen) atoms. The Morgan fingerprint density at radius 1 is 0.968 bits per heavy atom. The number of benzene rings is 3. The first-order chi connectivity index (χ1) is 14.9. The minimum absolute atomic E-state index is 0.108. The quantitative estimate of drug-likeness (QED) is 0.499. The summed E-state index contributed by atoms with van der Waals surface area (Å²) >= 11 is 13.6. The van der Waals surface area contributed by atoms with Crippen LogP contribution in [0.1, 0.15) is 27.0 Å². The summed E-state index contributed by atoms with van der Waals surface area (Å²) in [5.41, 5.74) is 4.43. The summed E-state index contributed by atoms with van der Waals surface area (Å²) in [6.45, 7) is 1.12. The Morgan fingerprint density at radius 3 is 2.45 bits per heavy atom. The first-order valence-corrected chi connectivity index (χ1v) is 12.0. The van der Waals surface area contributed by atoms with Gasteiger partial charge in [-0.25, -0.2) is 0 Å². The van der Waals surface area contributed by atoms with E-state index in [1.165, 1.54) is 16.9 Å². The van der Waals surface area contributed by atoms with Crippen LogP contribution < -0.4 is 5.32 Å². The van der Waals surface area contributed by atoms with Gasteiger partial charge in [0.05, 0.1) is 0 Å². The fourth-order valence-electron chi connectivity index (χ4n) is 3.67. The Kier molecular flexibility index (Phi) is 6.71. The van der Waals surface area contributed by atoms with Crippen molar-refractivity contribution in [3.63, 3.8) is 0 Å². The molecule has 0 bridgehead atoms. The summed E-state index contributed by atoms with van der Waals surface area (Å²) in [4.78, 5) is 27.3. The van der Waals surface area contributed by atoms with Crippen LogP contribution in [0.2, 0.25) is 14.8 Å². The molecule has 1 aliphatic rings. The Labute approximate surface area is 200 Å². The third-order valence-electron chi connectivity index (χ3n) is 5.31. The summed E-state index contributed by atoms with van der Waals surface area (Å²) in [6, 6.07) is 20.3. The first kappa shape index (κ1) is 22.0. The van der Waals surface area contributed by atoms with Crippen LogP contribution in [0.4, 0.5) is 5.69 Å². The van der Waals surface area contributed by atoms with Crippen molar-refractivity contribution in [1.82, 2.24) is 4.90 Å². The van der Waals surface area contributed by atoms with Gasteiger partial charge in [0.15, 0.2) is 0 Å². The van der Waals surface area contributed by atoms with Crippen LogP contribution >= 0.6 is 23.2 Å². The van der Waals surface area contributed by atoms with Gasteiger partial charge in [0, 0.05) is 0 Å². The number of anilines is 1. The van der Waals surface area contributed by atoms with E-state index in [4.69, 9.17) is 23.2 Å². The fraction of sp³-hybridized carbons (Fsp3) is 0.167. The van der Waals surface area contributed by atoms with E-state index in [1.807, 2.05) is 47.4 Å². The molecule has 0 saturated heterocycles. The van der Waals surface area contributed by atoms with Gasteiger partial charge in [0.2, 0.25) is 0 Å². The average molecular weight is 515 g/mol. The molecule has 7 heteroatoms. The van der Waals surface area contributed by atoms with Gasteiger partial charge in [-0.3, -0.25) is 0 Å². The number of rotatable bonds is 5. The molecule has 4 rings (SSSR count). The summed E-state index contributed by atoms with van der Waals surface area (Å²) < 4.78 is -0.141.